The highest BCUT2D eigenvalue weighted by Crippen LogP contribution is 2.26. The third kappa shape index (κ3) is 3.01. The zero-order chi connectivity index (χ0) is 12.3. The Morgan fingerprint density at radius 3 is 2.94 bits per heavy atom. The first-order valence-electron chi connectivity index (χ1n) is 5.15. The summed E-state index contributed by atoms with van der Waals surface area (Å²) in [6, 6.07) is 5.44. The summed E-state index contributed by atoms with van der Waals surface area (Å²) in [6.45, 7) is 1.89. The molecule has 0 aliphatic rings. The predicted molar refractivity (Wildman–Crippen MR) is 68.9 cm³/mol. The molecule has 4 nitrogen and oxygen atoms in total. The van der Waals surface area contributed by atoms with Gasteiger partial charge in [0.2, 0.25) is 5.88 Å². The highest BCUT2D eigenvalue weighted by molar-refractivity contribution is 9.10. The lowest BCUT2D eigenvalue weighted by Gasteiger charge is -2.11. The summed E-state index contributed by atoms with van der Waals surface area (Å²) in [7, 11) is 0. The van der Waals surface area contributed by atoms with Crippen molar-refractivity contribution >= 4 is 15.9 Å². The number of hydrogen-bond acceptors (Lipinski definition) is 4. The average molecular weight is 294 g/mol. The van der Waals surface area contributed by atoms with E-state index in [1.807, 2.05) is 25.1 Å². The molecule has 2 heterocycles. The van der Waals surface area contributed by atoms with Crippen molar-refractivity contribution in [2.45, 2.75) is 13.0 Å². The number of ether oxygens (including phenoxy) is 1. The molecule has 0 saturated carbocycles. The molecule has 0 aliphatic carbocycles. The molecule has 0 saturated heterocycles. The van der Waals surface area contributed by atoms with Crippen molar-refractivity contribution in [1.29, 1.82) is 0 Å². The van der Waals surface area contributed by atoms with Crippen LogP contribution in [0.1, 0.15) is 18.5 Å². The van der Waals surface area contributed by atoms with E-state index < -0.39 is 0 Å². The summed E-state index contributed by atoms with van der Waals surface area (Å²) >= 11 is 3.34. The molecule has 0 bridgehead atoms. The third-order valence-electron chi connectivity index (χ3n) is 2.19. The van der Waals surface area contributed by atoms with Gasteiger partial charge in [-0.25, -0.2) is 4.98 Å². The van der Waals surface area contributed by atoms with E-state index in [1.165, 1.54) is 0 Å². The van der Waals surface area contributed by atoms with Gasteiger partial charge >= 0.3 is 0 Å². The molecule has 5 heteroatoms. The van der Waals surface area contributed by atoms with E-state index in [1.54, 1.807) is 18.6 Å². The Labute approximate surface area is 108 Å². The van der Waals surface area contributed by atoms with Crippen LogP contribution in [0.4, 0.5) is 0 Å². The van der Waals surface area contributed by atoms with Crippen LogP contribution in [-0.4, -0.2) is 9.97 Å². The smallest absolute Gasteiger partial charge is 0.224 e. The van der Waals surface area contributed by atoms with E-state index >= 15 is 0 Å². The van der Waals surface area contributed by atoms with Crippen molar-refractivity contribution < 1.29 is 4.74 Å². The molecule has 0 spiro atoms. The second-order valence-electron chi connectivity index (χ2n) is 3.63. The maximum atomic E-state index is 5.85. The number of rotatable bonds is 3. The van der Waals surface area contributed by atoms with Crippen molar-refractivity contribution in [3.63, 3.8) is 0 Å². The number of halogens is 1. The van der Waals surface area contributed by atoms with Crippen LogP contribution in [0.25, 0.3) is 0 Å². The zero-order valence-electron chi connectivity index (χ0n) is 9.30. The van der Waals surface area contributed by atoms with E-state index in [9.17, 15) is 0 Å². The highest BCUT2D eigenvalue weighted by atomic mass is 79.9. The van der Waals surface area contributed by atoms with Gasteiger partial charge in [0, 0.05) is 28.5 Å². The van der Waals surface area contributed by atoms with E-state index in [0.717, 1.165) is 10.0 Å². The molecule has 0 amide bonds. The van der Waals surface area contributed by atoms with Gasteiger partial charge in [-0.1, -0.05) is 6.07 Å². The maximum absolute atomic E-state index is 5.85. The van der Waals surface area contributed by atoms with Crippen LogP contribution in [0.2, 0.25) is 0 Å². The SMILES string of the molecule is CC(N)c1cccnc1Oc1cncc(Br)c1. The zero-order valence-corrected chi connectivity index (χ0v) is 10.9. The topological polar surface area (TPSA) is 61.0 Å². The second kappa shape index (κ2) is 5.25. The van der Waals surface area contributed by atoms with Crippen molar-refractivity contribution in [2.24, 2.45) is 5.73 Å². The molecule has 0 radical (unpaired) electrons. The van der Waals surface area contributed by atoms with E-state index in [-0.39, 0.29) is 6.04 Å². The number of aromatic nitrogens is 2. The van der Waals surface area contributed by atoms with Gasteiger partial charge in [-0.2, -0.15) is 0 Å². The number of nitrogens with zero attached hydrogens (tertiary/aromatic N) is 2. The van der Waals surface area contributed by atoms with Gasteiger partial charge in [0.15, 0.2) is 0 Å². The minimum absolute atomic E-state index is 0.126. The molecule has 1 unspecified atom stereocenters. The lowest BCUT2D eigenvalue weighted by Crippen LogP contribution is -2.07. The minimum atomic E-state index is -0.126. The van der Waals surface area contributed by atoms with Crippen LogP contribution in [0.3, 0.4) is 0 Å². The van der Waals surface area contributed by atoms with Crippen LogP contribution in [0, 0.1) is 0 Å². The summed E-state index contributed by atoms with van der Waals surface area (Å²) < 4.78 is 6.52. The standard InChI is InChI=1S/C12H12BrN3O/c1-8(14)11-3-2-4-16-12(11)17-10-5-9(13)6-15-7-10/h2-8H,14H2,1H3. The predicted octanol–water partition coefficient (Wildman–Crippen LogP) is 3.05. The molecule has 2 aromatic heterocycles. The van der Waals surface area contributed by atoms with Crippen molar-refractivity contribution in [3.8, 4) is 11.6 Å². The number of hydrogen-bond donors (Lipinski definition) is 1. The summed E-state index contributed by atoms with van der Waals surface area (Å²) in [5.74, 6) is 1.14. The molecule has 2 aromatic rings. The Morgan fingerprint density at radius 1 is 1.41 bits per heavy atom. The Balaban J connectivity index is 2.30. The van der Waals surface area contributed by atoms with Gasteiger partial charge in [-0.15, -0.1) is 0 Å². The Bertz CT molecular complexity index is 517. The van der Waals surface area contributed by atoms with Crippen molar-refractivity contribution in [2.75, 3.05) is 0 Å². The first-order valence-corrected chi connectivity index (χ1v) is 5.95. The fourth-order valence-electron chi connectivity index (χ4n) is 1.39. The van der Waals surface area contributed by atoms with Crippen LogP contribution in [0.15, 0.2) is 41.3 Å². The van der Waals surface area contributed by atoms with E-state index in [0.29, 0.717) is 11.6 Å². The monoisotopic (exact) mass is 293 g/mol. The fourth-order valence-corrected chi connectivity index (χ4v) is 1.74. The molecule has 88 valence electrons. The van der Waals surface area contributed by atoms with E-state index in [2.05, 4.69) is 25.9 Å². The molecule has 0 aliphatic heterocycles. The molecule has 2 rings (SSSR count). The van der Waals surface area contributed by atoms with Crippen LogP contribution in [-0.2, 0) is 0 Å². The summed E-state index contributed by atoms with van der Waals surface area (Å²) in [4.78, 5) is 8.20. The molecule has 0 fully saturated rings. The van der Waals surface area contributed by atoms with E-state index in [4.69, 9.17) is 10.5 Å². The fraction of sp³-hybridized carbons (Fsp3) is 0.167. The van der Waals surface area contributed by atoms with Gasteiger partial charge in [0.05, 0.1) is 6.20 Å². The van der Waals surface area contributed by atoms with Crippen LogP contribution in [0.5, 0.6) is 11.6 Å². The lowest BCUT2D eigenvalue weighted by atomic mass is 10.1. The quantitative estimate of drug-likeness (QED) is 0.945. The second-order valence-corrected chi connectivity index (χ2v) is 4.54. The van der Waals surface area contributed by atoms with Gasteiger partial charge in [0.25, 0.3) is 0 Å². The summed E-state index contributed by atoms with van der Waals surface area (Å²) in [5.41, 5.74) is 6.72. The molecule has 2 N–H and O–H groups in total. The summed E-state index contributed by atoms with van der Waals surface area (Å²) in [6.07, 6.45) is 4.99. The van der Waals surface area contributed by atoms with Gasteiger partial charge in [0.1, 0.15) is 5.75 Å². The first-order chi connectivity index (χ1) is 8.16. The van der Waals surface area contributed by atoms with Gasteiger partial charge in [-0.3, -0.25) is 4.98 Å². The average Bonchev–Trinajstić information content (AvgIpc) is 2.29. The Hall–Kier alpha value is -1.46. The molecule has 17 heavy (non-hydrogen) atoms. The van der Waals surface area contributed by atoms with Crippen LogP contribution < -0.4 is 10.5 Å². The number of pyridine rings is 2. The normalized spacial score (nSPS) is 12.2. The third-order valence-corrected chi connectivity index (χ3v) is 2.62. The van der Waals surface area contributed by atoms with Gasteiger partial charge in [-0.05, 0) is 35.0 Å². The van der Waals surface area contributed by atoms with Crippen LogP contribution >= 0.6 is 15.9 Å². The molecule has 0 aromatic carbocycles. The minimum Gasteiger partial charge on any atom is -0.437 e. The molecular formula is C12H12BrN3O. The maximum Gasteiger partial charge on any atom is 0.224 e. The van der Waals surface area contributed by atoms with Crippen molar-refractivity contribution in [3.05, 3.63) is 46.8 Å². The first kappa shape index (κ1) is 12.0. The lowest BCUT2D eigenvalue weighted by molar-refractivity contribution is 0.449. The molecule has 1 atom stereocenters. The highest BCUT2D eigenvalue weighted by Gasteiger charge is 2.09. The van der Waals surface area contributed by atoms with Gasteiger partial charge < -0.3 is 10.5 Å². The largest absolute Gasteiger partial charge is 0.437 e. The number of nitrogens with two attached hydrogens (primary N) is 1. The van der Waals surface area contributed by atoms with Crippen molar-refractivity contribution in [1.82, 2.24) is 9.97 Å². The molecular weight excluding hydrogens is 282 g/mol. The Kier molecular flexibility index (Phi) is 3.71. The summed E-state index contributed by atoms with van der Waals surface area (Å²) in [5, 5.41) is 0. The Morgan fingerprint density at radius 2 is 2.24 bits per heavy atom.